The molecule has 0 aliphatic carbocycles. The third kappa shape index (κ3) is 4.42. The van der Waals surface area contributed by atoms with Gasteiger partial charge in [0.05, 0.1) is 6.54 Å². The smallest absolute Gasteiger partial charge is 0.221 e. The Kier molecular flexibility index (Phi) is 5.24. The highest BCUT2D eigenvalue weighted by molar-refractivity contribution is 7.99. The standard InChI is InChI=1S/C15H19N3OS/c1-11-3-4-13(9-12(11)2)20-8-5-15(19)18-10-14-16-6-7-17-14/h3-4,6-7,9H,5,8,10H2,1-2H3,(H,16,17)(H,18,19). The number of imidazole rings is 1. The molecule has 0 bridgehead atoms. The van der Waals surface area contributed by atoms with Gasteiger partial charge in [-0.25, -0.2) is 4.98 Å². The molecule has 20 heavy (non-hydrogen) atoms. The first kappa shape index (κ1) is 14.7. The summed E-state index contributed by atoms with van der Waals surface area (Å²) >= 11 is 1.71. The van der Waals surface area contributed by atoms with Gasteiger partial charge in [0.1, 0.15) is 5.82 Å². The van der Waals surface area contributed by atoms with Crippen molar-refractivity contribution in [2.75, 3.05) is 5.75 Å². The lowest BCUT2D eigenvalue weighted by atomic mass is 10.1. The normalized spacial score (nSPS) is 10.5. The number of amides is 1. The Morgan fingerprint density at radius 2 is 2.20 bits per heavy atom. The lowest BCUT2D eigenvalue weighted by Crippen LogP contribution is -2.23. The van der Waals surface area contributed by atoms with E-state index in [1.807, 2.05) is 0 Å². The maximum Gasteiger partial charge on any atom is 0.221 e. The van der Waals surface area contributed by atoms with Crippen LogP contribution in [0.3, 0.4) is 0 Å². The van der Waals surface area contributed by atoms with E-state index in [1.165, 1.54) is 16.0 Å². The molecule has 0 aliphatic rings. The van der Waals surface area contributed by atoms with Crippen LogP contribution < -0.4 is 5.32 Å². The summed E-state index contributed by atoms with van der Waals surface area (Å²) in [5.74, 6) is 1.62. The second-order valence-electron chi connectivity index (χ2n) is 4.66. The molecule has 2 aromatic rings. The van der Waals surface area contributed by atoms with Crippen LogP contribution in [0.25, 0.3) is 0 Å². The fourth-order valence-electron chi connectivity index (χ4n) is 1.73. The van der Waals surface area contributed by atoms with E-state index in [1.54, 1.807) is 24.2 Å². The van der Waals surface area contributed by atoms with Crippen molar-refractivity contribution in [3.8, 4) is 0 Å². The number of benzene rings is 1. The van der Waals surface area contributed by atoms with Crippen LogP contribution in [0.2, 0.25) is 0 Å². The van der Waals surface area contributed by atoms with E-state index < -0.39 is 0 Å². The Hall–Kier alpha value is -1.75. The van der Waals surface area contributed by atoms with Gasteiger partial charge in [0.15, 0.2) is 0 Å². The minimum Gasteiger partial charge on any atom is -0.349 e. The van der Waals surface area contributed by atoms with E-state index in [0.717, 1.165) is 11.6 Å². The summed E-state index contributed by atoms with van der Waals surface area (Å²) < 4.78 is 0. The monoisotopic (exact) mass is 289 g/mol. The number of aryl methyl sites for hydroxylation is 2. The van der Waals surface area contributed by atoms with Gasteiger partial charge < -0.3 is 10.3 Å². The molecule has 0 saturated heterocycles. The van der Waals surface area contributed by atoms with E-state index in [2.05, 4.69) is 47.3 Å². The summed E-state index contributed by atoms with van der Waals surface area (Å²) in [5.41, 5.74) is 2.59. The van der Waals surface area contributed by atoms with Crippen LogP contribution in [0.4, 0.5) is 0 Å². The number of rotatable bonds is 6. The van der Waals surface area contributed by atoms with Crippen molar-refractivity contribution in [3.05, 3.63) is 47.5 Å². The highest BCUT2D eigenvalue weighted by atomic mass is 32.2. The van der Waals surface area contributed by atoms with Gasteiger partial charge in [-0.05, 0) is 37.1 Å². The molecule has 0 aliphatic heterocycles. The first-order chi connectivity index (χ1) is 9.65. The molecule has 2 rings (SSSR count). The molecule has 0 fully saturated rings. The molecule has 4 nitrogen and oxygen atoms in total. The molecule has 1 aromatic heterocycles. The summed E-state index contributed by atoms with van der Waals surface area (Å²) in [4.78, 5) is 19.9. The molecular formula is C15H19N3OS. The van der Waals surface area contributed by atoms with Crippen molar-refractivity contribution in [3.63, 3.8) is 0 Å². The molecule has 1 aromatic carbocycles. The Bertz CT molecular complexity index is 567. The lowest BCUT2D eigenvalue weighted by molar-refractivity contribution is -0.120. The second-order valence-corrected chi connectivity index (χ2v) is 5.83. The highest BCUT2D eigenvalue weighted by Crippen LogP contribution is 2.21. The summed E-state index contributed by atoms with van der Waals surface area (Å²) in [7, 11) is 0. The van der Waals surface area contributed by atoms with E-state index in [4.69, 9.17) is 0 Å². The van der Waals surface area contributed by atoms with E-state index in [-0.39, 0.29) is 5.91 Å². The molecule has 1 amide bonds. The predicted octanol–water partition coefficient (Wildman–Crippen LogP) is 2.83. The van der Waals surface area contributed by atoms with Crippen molar-refractivity contribution in [1.29, 1.82) is 0 Å². The molecule has 0 spiro atoms. The van der Waals surface area contributed by atoms with Crippen LogP contribution in [-0.2, 0) is 11.3 Å². The van der Waals surface area contributed by atoms with Crippen molar-refractivity contribution in [1.82, 2.24) is 15.3 Å². The summed E-state index contributed by atoms with van der Waals surface area (Å²) in [6.07, 6.45) is 3.94. The molecule has 1 heterocycles. The van der Waals surface area contributed by atoms with Crippen LogP contribution in [0.5, 0.6) is 0 Å². The largest absolute Gasteiger partial charge is 0.349 e. The minimum atomic E-state index is 0.0535. The van der Waals surface area contributed by atoms with Crippen molar-refractivity contribution >= 4 is 17.7 Å². The average Bonchev–Trinajstić information content (AvgIpc) is 2.94. The van der Waals surface area contributed by atoms with Gasteiger partial charge in [0.25, 0.3) is 0 Å². The molecular weight excluding hydrogens is 270 g/mol. The Balaban J connectivity index is 1.69. The van der Waals surface area contributed by atoms with Gasteiger partial charge in [-0.3, -0.25) is 4.79 Å². The number of carbonyl (C=O) groups is 1. The quantitative estimate of drug-likeness (QED) is 0.804. The molecule has 5 heteroatoms. The Labute approximate surface area is 123 Å². The zero-order valence-electron chi connectivity index (χ0n) is 11.8. The highest BCUT2D eigenvalue weighted by Gasteiger charge is 2.03. The van der Waals surface area contributed by atoms with Crippen LogP contribution in [-0.4, -0.2) is 21.6 Å². The number of aromatic nitrogens is 2. The van der Waals surface area contributed by atoms with Gasteiger partial charge in [0.2, 0.25) is 5.91 Å². The molecule has 0 atom stereocenters. The van der Waals surface area contributed by atoms with Crippen LogP contribution in [0.15, 0.2) is 35.5 Å². The average molecular weight is 289 g/mol. The zero-order chi connectivity index (χ0) is 14.4. The fraction of sp³-hybridized carbons (Fsp3) is 0.333. The maximum atomic E-state index is 11.7. The van der Waals surface area contributed by atoms with Crippen molar-refractivity contribution in [2.24, 2.45) is 0 Å². The summed E-state index contributed by atoms with van der Waals surface area (Å²) in [5, 5.41) is 2.85. The number of hydrogen-bond donors (Lipinski definition) is 2. The van der Waals surface area contributed by atoms with E-state index in [9.17, 15) is 4.79 Å². The number of carbonyl (C=O) groups excluding carboxylic acids is 1. The number of H-pyrrole nitrogens is 1. The Morgan fingerprint density at radius 1 is 1.35 bits per heavy atom. The topological polar surface area (TPSA) is 57.8 Å². The van der Waals surface area contributed by atoms with Gasteiger partial charge in [0, 0.05) is 29.5 Å². The first-order valence-corrected chi connectivity index (χ1v) is 7.59. The number of aromatic amines is 1. The van der Waals surface area contributed by atoms with Crippen LogP contribution in [0, 0.1) is 13.8 Å². The molecule has 0 saturated carbocycles. The Morgan fingerprint density at radius 3 is 2.90 bits per heavy atom. The van der Waals surface area contributed by atoms with E-state index in [0.29, 0.717) is 13.0 Å². The second kappa shape index (κ2) is 7.14. The molecule has 2 N–H and O–H groups in total. The SMILES string of the molecule is Cc1ccc(SCCC(=O)NCc2ncc[nH]2)cc1C. The molecule has 0 unspecified atom stereocenters. The van der Waals surface area contributed by atoms with Gasteiger partial charge in [-0.2, -0.15) is 0 Å². The predicted molar refractivity (Wildman–Crippen MR) is 81.7 cm³/mol. The van der Waals surface area contributed by atoms with Crippen molar-refractivity contribution in [2.45, 2.75) is 31.7 Å². The summed E-state index contributed by atoms with van der Waals surface area (Å²) in [6, 6.07) is 6.39. The third-order valence-electron chi connectivity index (χ3n) is 3.08. The number of nitrogens with one attached hydrogen (secondary N) is 2. The van der Waals surface area contributed by atoms with Crippen LogP contribution in [0.1, 0.15) is 23.4 Å². The van der Waals surface area contributed by atoms with E-state index >= 15 is 0 Å². The number of hydrogen-bond acceptors (Lipinski definition) is 3. The van der Waals surface area contributed by atoms with Gasteiger partial charge in [-0.15, -0.1) is 11.8 Å². The lowest BCUT2D eigenvalue weighted by Gasteiger charge is -2.06. The van der Waals surface area contributed by atoms with Gasteiger partial charge >= 0.3 is 0 Å². The minimum absolute atomic E-state index is 0.0535. The first-order valence-electron chi connectivity index (χ1n) is 6.60. The van der Waals surface area contributed by atoms with Crippen molar-refractivity contribution < 1.29 is 4.79 Å². The zero-order valence-corrected chi connectivity index (χ0v) is 12.6. The number of nitrogens with zero attached hydrogens (tertiary/aromatic N) is 1. The third-order valence-corrected chi connectivity index (χ3v) is 4.08. The van der Waals surface area contributed by atoms with Gasteiger partial charge in [-0.1, -0.05) is 6.07 Å². The summed E-state index contributed by atoms with van der Waals surface area (Å²) in [6.45, 7) is 4.67. The maximum absolute atomic E-state index is 11.7. The molecule has 106 valence electrons. The molecule has 0 radical (unpaired) electrons. The van der Waals surface area contributed by atoms with Crippen LogP contribution >= 0.6 is 11.8 Å². The fourth-order valence-corrected chi connectivity index (χ4v) is 2.68. The number of thioether (sulfide) groups is 1.